The van der Waals surface area contributed by atoms with Crippen LogP contribution < -0.4 is 10.6 Å². The van der Waals surface area contributed by atoms with Crippen LogP contribution in [0.1, 0.15) is 5.69 Å². The minimum Gasteiger partial charge on any atom is -0.340 e. The fourth-order valence-corrected chi connectivity index (χ4v) is 2.16. The zero-order valence-electron chi connectivity index (χ0n) is 12.3. The van der Waals surface area contributed by atoms with Crippen LogP contribution in [0.15, 0.2) is 54.6 Å². The van der Waals surface area contributed by atoms with Gasteiger partial charge in [0.15, 0.2) is 0 Å². The highest BCUT2D eigenvalue weighted by molar-refractivity contribution is 6.30. The molecule has 0 saturated carbocycles. The third kappa shape index (κ3) is 4.17. The monoisotopic (exact) mass is 328 g/mol. The number of benzene rings is 2. The Morgan fingerprint density at radius 1 is 0.870 bits per heavy atom. The van der Waals surface area contributed by atoms with E-state index in [-0.39, 0.29) is 5.82 Å². The van der Waals surface area contributed by atoms with E-state index in [9.17, 15) is 4.39 Å². The van der Waals surface area contributed by atoms with Crippen molar-refractivity contribution in [3.8, 4) is 0 Å². The number of aromatic nitrogens is 2. The molecule has 2 aromatic carbocycles. The molecule has 0 bridgehead atoms. The van der Waals surface area contributed by atoms with Gasteiger partial charge in [0.05, 0.1) is 0 Å². The van der Waals surface area contributed by atoms with Gasteiger partial charge in [-0.3, -0.25) is 0 Å². The van der Waals surface area contributed by atoms with Crippen LogP contribution in [-0.2, 0) is 0 Å². The summed E-state index contributed by atoms with van der Waals surface area (Å²) in [5.41, 5.74) is 2.40. The van der Waals surface area contributed by atoms with Crippen LogP contribution in [0.4, 0.5) is 27.5 Å². The Balaban J connectivity index is 1.81. The smallest absolute Gasteiger partial charge is 0.229 e. The SMILES string of the molecule is Cc1cc(Nc2ccc(Cl)cc2)nc(Nc2ccc(F)cc2)n1. The summed E-state index contributed by atoms with van der Waals surface area (Å²) in [6, 6.07) is 15.2. The lowest BCUT2D eigenvalue weighted by atomic mass is 10.3. The first-order chi connectivity index (χ1) is 11.1. The van der Waals surface area contributed by atoms with Crippen molar-refractivity contribution in [3.63, 3.8) is 0 Å². The first kappa shape index (κ1) is 15.2. The third-order valence-corrected chi connectivity index (χ3v) is 3.32. The number of halogens is 2. The van der Waals surface area contributed by atoms with Crippen molar-refractivity contribution in [2.75, 3.05) is 10.6 Å². The highest BCUT2D eigenvalue weighted by Crippen LogP contribution is 2.20. The molecule has 1 aromatic heterocycles. The lowest BCUT2D eigenvalue weighted by Crippen LogP contribution is -2.02. The maximum absolute atomic E-state index is 12.9. The molecule has 4 nitrogen and oxygen atoms in total. The molecule has 3 aromatic rings. The average Bonchev–Trinajstić information content (AvgIpc) is 2.51. The molecular formula is C17H14ClFN4. The molecule has 0 unspecified atom stereocenters. The van der Waals surface area contributed by atoms with E-state index in [4.69, 9.17) is 11.6 Å². The van der Waals surface area contributed by atoms with Crippen LogP contribution in [-0.4, -0.2) is 9.97 Å². The van der Waals surface area contributed by atoms with E-state index in [1.54, 1.807) is 24.3 Å². The van der Waals surface area contributed by atoms with Crippen LogP contribution >= 0.6 is 11.6 Å². The summed E-state index contributed by atoms with van der Waals surface area (Å²) in [5, 5.41) is 6.93. The second kappa shape index (κ2) is 6.62. The number of anilines is 4. The van der Waals surface area contributed by atoms with Crippen molar-refractivity contribution in [1.29, 1.82) is 0 Å². The van der Waals surface area contributed by atoms with E-state index in [1.807, 2.05) is 25.1 Å². The van der Waals surface area contributed by atoms with Crippen molar-refractivity contribution in [3.05, 3.63) is 71.1 Å². The van der Waals surface area contributed by atoms with E-state index < -0.39 is 0 Å². The Kier molecular flexibility index (Phi) is 4.39. The summed E-state index contributed by atoms with van der Waals surface area (Å²) in [4.78, 5) is 8.74. The van der Waals surface area contributed by atoms with Gasteiger partial charge >= 0.3 is 0 Å². The Morgan fingerprint density at radius 2 is 1.48 bits per heavy atom. The molecular weight excluding hydrogens is 315 g/mol. The maximum atomic E-state index is 12.9. The van der Waals surface area contributed by atoms with Crippen LogP contribution in [0.3, 0.4) is 0 Å². The van der Waals surface area contributed by atoms with Crippen molar-refractivity contribution >= 4 is 34.7 Å². The van der Waals surface area contributed by atoms with E-state index >= 15 is 0 Å². The number of hydrogen-bond acceptors (Lipinski definition) is 4. The van der Waals surface area contributed by atoms with E-state index in [2.05, 4.69) is 20.6 Å². The zero-order chi connectivity index (χ0) is 16.2. The van der Waals surface area contributed by atoms with Gasteiger partial charge in [-0.05, 0) is 55.5 Å². The van der Waals surface area contributed by atoms with Gasteiger partial charge in [-0.25, -0.2) is 9.37 Å². The summed E-state index contributed by atoms with van der Waals surface area (Å²) in [6.07, 6.45) is 0. The largest absolute Gasteiger partial charge is 0.340 e. The zero-order valence-corrected chi connectivity index (χ0v) is 13.1. The predicted octanol–water partition coefficient (Wildman–Crippen LogP) is 5.06. The molecule has 23 heavy (non-hydrogen) atoms. The maximum Gasteiger partial charge on any atom is 0.229 e. The fourth-order valence-electron chi connectivity index (χ4n) is 2.03. The predicted molar refractivity (Wildman–Crippen MR) is 91.2 cm³/mol. The molecule has 0 spiro atoms. The van der Waals surface area contributed by atoms with Gasteiger partial charge in [0, 0.05) is 28.2 Å². The van der Waals surface area contributed by atoms with Crippen LogP contribution in [0.25, 0.3) is 0 Å². The van der Waals surface area contributed by atoms with Gasteiger partial charge in [0.25, 0.3) is 0 Å². The first-order valence-electron chi connectivity index (χ1n) is 6.99. The number of rotatable bonds is 4. The van der Waals surface area contributed by atoms with Crippen molar-refractivity contribution < 1.29 is 4.39 Å². The van der Waals surface area contributed by atoms with Gasteiger partial charge in [-0.15, -0.1) is 0 Å². The molecule has 116 valence electrons. The van der Waals surface area contributed by atoms with Crippen LogP contribution in [0.2, 0.25) is 5.02 Å². The van der Waals surface area contributed by atoms with Gasteiger partial charge in [-0.2, -0.15) is 4.98 Å². The summed E-state index contributed by atoms with van der Waals surface area (Å²) < 4.78 is 12.9. The van der Waals surface area contributed by atoms with Crippen molar-refractivity contribution in [2.45, 2.75) is 6.92 Å². The van der Waals surface area contributed by atoms with E-state index in [0.717, 1.165) is 17.1 Å². The summed E-state index contributed by atoms with van der Waals surface area (Å²) in [5.74, 6) is 0.809. The minimum absolute atomic E-state index is 0.286. The Labute approximate surface area is 138 Å². The summed E-state index contributed by atoms with van der Waals surface area (Å²) in [7, 11) is 0. The number of nitrogens with one attached hydrogen (secondary N) is 2. The molecule has 0 saturated heterocycles. The fraction of sp³-hybridized carbons (Fsp3) is 0.0588. The normalized spacial score (nSPS) is 10.4. The van der Waals surface area contributed by atoms with E-state index in [0.29, 0.717) is 16.8 Å². The molecule has 6 heteroatoms. The van der Waals surface area contributed by atoms with Crippen LogP contribution in [0, 0.1) is 12.7 Å². The average molecular weight is 329 g/mol. The standard InChI is InChI=1S/C17H14ClFN4/c1-11-10-16(21-14-6-2-12(18)3-7-14)23-17(20-11)22-15-8-4-13(19)5-9-15/h2-10H,1H3,(H2,20,21,22,23). The van der Waals surface area contributed by atoms with Gasteiger partial charge < -0.3 is 10.6 Å². The van der Waals surface area contributed by atoms with Gasteiger partial charge in [0.2, 0.25) is 5.95 Å². The lowest BCUT2D eigenvalue weighted by molar-refractivity contribution is 0.628. The van der Waals surface area contributed by atoms with Crippen molar-refractivity contribution in [1.82, 2.24) is 9.97 Å². The first-order valence-corrected chi connectivity index (χ1v) is 7.37. The molecule has 0 amide bonds. The molecule has 0 aliphatic carbocycles. The van der Waals surface area contributed by atoms with Crippen molar-refractivity contribution in [2.24, 2.45) is 0 Å². The molecule has 1 heterocycles. The molecule has 3 rings (SSSR count). The summed E-state index contributed by atoms with van der Waals surface area (Å²) >= 11 is 5.88. The molecule has 2 N–H and O–H groups in total. The third-order valence-electron chi connectivity index (χ3n) is 3.07. The molecule has 0 aliphatic rings. The number of aryl methyl sites for hydroxylation is 1. The van der Waals surface area contributed by atoms with Crippen LogP contribution in [0.5, 0.6) is 0 Å². The molecule has 0 fully saturated rings. The molecule has 0 aliphatic heterocycles. The Bertz CT molecular complexity index is 738. The molecule has 0 radical (unpaired) electrons. The summed E-state index contributed by atoms with van der Waals surface area (Å²) in [6.45, 7) is 1.88. The second-order valence-electron chi connectivity index (χ2n) is 4.98. The number of nitrogens with zero attached hydrogens (tertiary/aromatic N) is 2. The second-order valence-corrected chi connectivity index (χ2v) is 5.42. The highest BCUT2D eigenvalue weighted by Gasteiger charge is 2.04. The quantitative estimate of drug-likeness (QED) is 0.702. The van der Waals surface area contributed by atoms with Gasteiger partial charge in [0.1, 0.15) is 11.6 Å². The Morgan fingerprint density at radius 3 is 2.17 bits per heavy atom. The highest BCUT2D eigenvalue weighted by atomic mass is 35.5. The van der Waals surface area contributed by atoms with E-state index in [1.165, 1.54) is 12.1 Å². The topological polar surface area (TPSA) is 49.8 Å². The lowest BCUT2D eigenvalue weighted by Gasteiger charge is -2.10. The number of hydrogen-bond donors (Lipinski definition) is 2. The Hall–Kier alpha value is -2.66. The minimum atomic E-state index is -0.286. The molecule has 0 atom stereocenters. The van der Waals surface area contributed by atoms with Gasteiger partial charge in [-0.1, -0.05) is 11.6 Å².